The molecular weight excluding hydrogens is 356 g/mol. The second kappa shape index (κ2) is 9.53. The molecule has 2 rings (SSSR count). The first-order valence-corrected chi connectivity index (χ1v) is 8.98. The zero-order chi connectivity index (χ0) is 19.1. The Labute approximate surface area is 158 Å². The number of benzene rings is 1. The van der Waals surface area contributed by atoms with Crippen molar-refractivity contribution in [3.8, 4) is 0 Å². The van der Waals surface area contributed by atoms with E-state index in [0.717, 1.165) is 18.4 Å². The summed E-state index contributed by atoms with van der Waals surface area (Å²) in [4.78, 5) is 37.0. The molecule has 1 aromatic rings. The third-order valence-electron chi connectivity index (χ3n) is 4.74. The van der Waals surface area contributed by atoms with E-state index in [1.54, 1.807) is 24.3 Å². The summed E-state index contributed by atoms with van der Waals surface area (Å²) in [5, 5.41) is 0.614. The number of hydrogen-bond donors (Lipinski definition) is 0. The molecule has 0 radical (unpaired) electrons. The molecule has 6 heteroatoms. The molecule has 1 aliphatic carbocycles. The molecular formula is C20H23ClO5. The summed E-state index contributed by atoms with van der Waals surface area (Å²) < 4.78 is 9.62. The van der Waals surface area contributed by atoms with Gasteiger partial charge in [-0.05, 0) is 30.5 Å². The molecule has 5 nitrogen and oxygen atoms in total. The summed E-state index contributed by atoms with van der Waals surface area (Å²) in [6.45, 7) is 0. The van der Waals surface area contributed by atoms with Crippen LogP contribution in [-0.4, -0.2) is 31.9 Å². The summed E-state index contributed by atoms with van der Waals surface area (Å²) in [6, 6.07) is 7.15. The SMILES string of the molecule is COC(=O)C(C(=O)OC)[C@@H](/C=C/c1ccc(Cl)cc1)[C@@H]1CCCCC1=O. The van der Waals surface area contributed by atoms with Crippen LogP contribution in [0, 0.1) is 17.8 Å². The lowest BCUT2D eigenvalue weighted by Crippen LogP contribution is -2.39. The number of allylic oxidation sites excluding steroid dienone is 1. The Morgan fingerprint density at radius 2 is 1.73 bits per heavy atom. The molecule has 0 N–H and O–H groups in total. The smallest absolute Gasteiger partial charge is 0.320 e. The third-order valence-corrected chi connectivity index (χ3v) is 4.99. The molecule has 1 aliphatic rings. The second-order valence-electron chi connectivity index (χ2n) is 6.33. The number of carbonyl (C=O) groups is 3. The highest BCUT2D eigenvalue weighted by atomic mass is 35.5. The standard InChI is InChI=1S/C20H23ClO5/c1-25-19(23)18(20(24)26-2)16(15-5-3-4-6-17(15)22)12-9-13-7-10-14(21)11-8-13/h7-12,15-16,18H,3-6H2,1-2H3/b12-9+/t15-,16-/m0/s1. The van der Waals surface area contributed by atoms with E-state index < -0.39 is 29.7 Å². The van der Waals surface area contributed by atoms with Gasteiger partial charge in [0.25, 0.3) is 0 Å². The van der Waals surface area contributed by atoms with Crippen molar-refractivity contribution >= 4 is 35.4 Å². The summed E-state index contributed by atoms with van der Waals surface area (Å²) in [5.74, 6) is -3.50. The summed E-state index contributed by atoms with van der Waals surface area (Å²) in [7, 11) is 2.45. The average molecular weight is 379 g/mol. The van der Waals surface area contributed by atoms with Gasteiger partial charge in [-0.1, -0.05) is 42.3 Å². The molecule has 0 amide bonds. The molecule has 0 bridgehead atoms. The summed E-state index contributed by atoms with van der Waals surface area (Å²) >= 11 is 5.90. The van der Waals surface area contributed by atoms with Crippen LogP contribution in [0.25, 0.3) is 6.08 Å². The van der Waals surface area contributed by atoms with Gasteiger partial charge in [0.15, 0.2) is 5.92 Å². The average Bonchev–Trinajstić information content (AvgIpc) is 2.66. The Morgan fingerprint density at radius 3 is 2.27 bits per heavy atom. The Hall–Kier alpha value is -2.14. The van der Waals surface area contributed by atoms with Crippen LogP contribution >= 0.6 is 11.6 Å². The van der Waals surface area contributed by atoms with Crippen LogP contribution in [0.15, 0.2) is 30.3 Å². The quantitative estimate of drug-likeness (QED) is 0.557. The van der Waals surface area contributed by atoms with Crippen LogP contribution in [0.1, 0.15) is 31.2 Å². The Balaban J connectivity index is 2.39. The predicted octanol–water partition coefficient (Wildman–Crippen LogP) is 3.69. The van der Waals surface area contributed by atoms with Crippen molar-refractivity contribution in [1.82, 2.24) is 0 Å². The fourth-order valence-electron chi connectivity index (χ4n) is 3.36. The number of hydrogen-bond acceptors (Lipinski definition) is 5. The maximum absolute atomic E-state index is 12.5. The van der Waals surface area contributed by atoms with Gasteiger partial charge in [-0.15, -0.1) is 0 Å². The molecule has 0 heterocycles. The predicted molar refractivity (Wildman–Crippen MR) is 98.5 cm³/mol. The molecule has 2 atom stereocenters. The van der Waals surface area contributed by atoms with Gasteiger partial charge in [-0.25, -0.2) is 0 Å². The van der Waals surface area contributed by atoms with Crippen molar-refractivity contribution < 1.29 is 23.9 Å². The van der Waals surface area contributed by atoms with Gasteiger partial charge in [-0.2, -0.15) is 0 Å². The molecule has 0 saturated heterocycles. The molecule has 0 aromatic heterocycles. The fraction of sp³-hybridized carbons (Fsp3) is 0.450. The third kappa shape index (κ3) is 4.94. The van der Waals surface area contributed by atoms with Crippen LogP contribution in [0.4, 0.5) is 0 Å². The first-order chi connectivity index (χ1) is 12.5. The summed E-state index contributed by atoms with van der Waals surface area (Å²) in [5.41, 5.74) is 0.858. The zero-order valence-electron chi connectivity index (χ0n) is 14.9. The van der Waals surface area contributed by atoms with Gasteiger partial charge >= 0.3 is 11.9 Å². The molecule has 1 aromatic carbocycles. The van der Waals surface area contributed by atoms with Gasteiger partial charge in [0, 0.05) is 23.3 Å². The number of methoxy groups -OCH3 is 2. The van der Waals surface area contributed by atoms with Crippen molar-refractivity contribution in [3.05, 3.63) is 40.9 Å². The van der Waals surface area contributed by atoms with Crippen molar-refractivity contribution in [2.24, 2.45) is 17.8 Å². The Morgan fingerprint density at radius 1 is 1.12 bits per heavy atom. The van der Waals surface area contributed by atoms with Gasteiger partial charge in [-0.3, -0.25) is 14.4 Å². The van der Waals surface area contributed by atoms with E-state index in [9.17, 15) is 14.4 Å². The Kier molecular flexibility index (Phi) is 7.39. The molecule has 140 valence electrons. The summed E-state index contributed by atoms with van der Waals surface area (Å²) in [6.07, 6.45) is 6.36. The molecule has 1 fully saturated rings. The first-order valence-electron chi connectivity index (χ1n) is 8.60. The van der Waals surface area contributed by atoms with Crippen molar-refractivity contribution in [1.29, 1.82) is 0 Å². The number of halogens is 1. The fourth-order valence-corrected chi connectivity index (χ4v) is 3.48. The van der Waals surface area contributed by atoms with Gasteiger partial charge in [0.1, 0.15) is 5.78 Å². The maximum Gasteiger partial charge on any atom is 0.320 e. The van der Waals surface area contributed by atoms with Crippen molar-refractivity contribution in [2.75, 3.05) is 14.2 Å². The number of rotatable bonds is 6. The highest BCUT2D eigenvalue weighted by Gasteiger charge is 2.42. The van der Waals surface area contributed by atoms with Crippen LogP contribution in [-0.2, 0) is 23.9 Å². The van der Waals surface area contributed by atoms with E-state index in [-0.39, 0.29) is 5.78 Å². The van der Waals surface area contributed by atoms with Crippen molar-refractivity contribution in [3.63, 3.8) is 0 Å². The van der Waals surface area contributed by atoms with Crippen LogP contribution in [0.3, 0.4) is 0 Å². The van der Waals surface area contributed by atoms with E-state index >= 15 is 0 Å². The maximum atomic E-state index is 12.5. The minimum Gasteiger partial charge on any atom is -0.468 e. The number of Topliss-reactive ketones (excluding diaryl/α,β-unsaturated/α-hetero) is 1. The van der Waals surface area contributed by atoms with Gasteiger partial charge < -0.3 is 9.47 Å². The topological polar surface area (TPSA) is 69.7 Å². The largest absolute Gasteiger partial charge is 0.468 e. The van der Waals surface area contributed by atoms with Crippen LogP contribution in [0.5, 0.6) is 0 Å². The van der Waals surface area contributed by atoms with Gasteiger partial charge in [0.2, 0.25) is 0 Å². The lowest BCUT2D eigenvalue weighted by atomic mass is 9.73. The van der Waals surface area contributed by atoms with E-state index in [1.807, 2.05) is 12.1 Å². The van der Waals surface area contributed by atoms with Crippen LogP contribution in [0.2, 0.25) is 5.02 Å². The molecule has 0 spiro atoms. The minimum absolute atomic E-state index is 0.0693. The number of carbonyl (C=O) groups excluding carboxylic acids is 3. The molecule has 26 heavy (non-hydrogen) atoms. The number of ether oxygens (including phenoxy) is 2. The van der Waals surface area contributed by atoms with Gasteiger partial charge in [0.05, 0.1) is 14.2 Å². The zero-order valence-corrected chi connectivity index (χ0v) is 15.7. The lowest BCUT2D eigenvalue weighted by Gasteiger charge is -2.30. The monoisotopic (exact) mass is 378 g/mol. The number of esters is 2. The van der Waals surface area contributed by atoms with E-state index in [4.69, 9.17) is 21.1 Å². The highest BCUT2D eigenvalue weighted by Crippen LogP contribution is 2.34. The van der Waals surface area contributed by atoms with E-state index in [1.165, 1.54) is 14.2 Å². The normalized spacial score (nSPS) is 18.8. The Bertz CT molecular complexity index is 664. The first kappa shape index (κ1) is 20.2. The van der Waals surface area contributed by atoms with E-state index in [0.29, 0.717) is 17.9 Å². The van der Waals surface area contributed by atoms with Crippen molar-refractivity contribution in [2.45, 2.75) is 25.7 Å². The van der Waals surface area contributed by atoms with Crippen LogP contribution < -0.4 is 0 Å². The molecule has 0 aliphatic heterocycles. The van der Waals surface area contributed by atoms with E-state index in [2.05, 4.69) is 0 Å². The lowest BCUT2D eigenvalue weighted by molar-refractivity contribution is -0.162. The minimum atomic E-state index is -1.17. The number of ketones is 1. The highest BCUT2D eigenvalue weighted by molar-refractivity contribution is 6.30. The molecule has 1 saturated carbocycles. The molecule has 0 unspecified atom stereocenters. The second-order valence-corrected chi connectivity index (χ2v) is 6.77.